The first-order valence-corrected chi connectivity index (χ1v) is 9.86. The molecule has 0 amide bonds. The third-order valence-electron chi connectivity index (χ3n) is 4.94. The van der Waals surface area contributed by atoms with Crippen LogP contribution in [0.2, 0.25) is 0 Å². The standard InChI is InChI=1S/C22H31N5O/c1-15(2)19-12-20(28-7)27(24-19)18-10-8-9-17(11-18)13-22(5,6)21-23-14-26(25-21)16(3)4/h8-12,14-16H,13H2,1-7H3. The molecule has 0 N–H and O–H groups in total. The molecule has 0 unspecified atom stereocenters. The van der Waals surface area contributed by atoms with Crippen molar-refractivity contribution in [1.82, 2.24) is 24.5 Å². The van der Waals surface area contributed by atoms with Crippen LogP contribution in [0.5, 0.6) is 5.88 Å². The summed E-state index contributed by atoms with van der Waals surface area (Å²) in [5.41, 5.74) is 3.06. The molecule has 2 heterocycles. The fraction of sp³-hybridized carbons (Fsp3) is 0.500. The monoisotopic (exact) mass is 381 g/mol. The van der Waals surface area contributed by atoms with E-state index in [1.807, 2.05) is 21.8 Å². The molecule has 28 heavy (non-hydrogen) atoms. The van der Waals surface area contributed by atoms with Gasteiger partial charge in [-0.3, -0.25) is 4.68 Å². The first-order valence-electron chi connectivity index (χ1n) is 9.86. The van der Waals surface area contributed by atoms with E-state index in [9.17, 15) is 0 Å². The molecule has 6 nitrogen and oxygen atoms in total. The van der Waals surface area contributed by atoms with E-state index < -0.39 is 0 Å². The average Bonchev–Trinajstić information content (AvgIpc) is 3.29. The van der Waals surface area contributed by atoms with E-state index >= 15 is 0 Å². The fourth-order valence-electron chi connectivity index (χ4n) is 3.22. The fourth-order valence-corrected chi connectivity index (χ4v) is 3.22. The molecular formula is C22H31N5O. The predicted molar refractivity (Wildman–Crippen MR) is 111 cm³/mol. The summed E-state index contributed by atoms with van der Waals surface area (Å²) in [7, 11) is 1.68. The van der Waals surface area contributed by atoms with Crippen molar-refractivity contribution in [1.29, 1.82) is 0 Å². The van der Waals surface area contributed by atoms with Crippen molar-refractivity contribution < 1.29 is 4.74 Å². The highest BCUT2D eigenvalue weighted by Gasteiger charge is 2.26. The lowest BCUT2D eigenvalue weighted by Crippen LogP contribution is -2.23. The number of rotatable bonds is 7. The van der Waals surface area contributed by atoms with Crippen molar-refractivity contribution >= 4 is 0 Å². The molecule has 0 aliphatic heterocycles. The van der Waals surface area contributed by atoms with Gasteiger partial charge in [0.1, 0.15) is 6.33 Å². The highest BCUT2D eigenvalue weighted by atomic mass is 16.5. The second-order valence-corrected chi connectivity index (χ2v) is 8.55. The first kappa shape index (κ1) is 20.1. The van der Waals surface area contributed by atoms with Gasteiger partial charge in [0.15, 0.2) is 5.82 Å². The van der Waals surface area contributed by atoms with Crippen molar-refractivity contribution in [2.45, 2.75) is 65.3 Å². The summed E-state index contributed by atoms with van der Waals surface area (Å²) in [5, 5.41) is 9.41. The molecular weight excluding hydrogens is 350 g/mol. The Labute approximate surface area is 167 Å². The number of nitrogens with zero attached hydrogens (tertiary/aromatic N) is 5. The van der Waals surface area contributed by atoms with Crippen LogP contribution in [0.3, 0.4) is 0 Å². The maximum absolute atomic E-state index is 5.54. The Balaban J connectivity index is 1.89. The van der Waals surface area contributed by atoms with Gasteiger partial charge in [-0.2, -0.15) is 10.2 Å². The molecule has 150 valence electrons. The van der Waals surface area contributed by atoms with Crippen LogP contribution in [0.15, 0.2) is 36.7 Å². The summed E-state index contributed by atoms with van der Waals surface area (Å²) in [4.78, 5) is 4.55. The van der Waals surface area contributed by atoms with E-state index in [0.717, 1.165) is 29.5 Å². The van der Waals surface area contributed by atoms with Crippen molar-refractivity contribution in [3.8, 4) is 11.6 Å². The summed E-state index contributed by atoms with van der Waals surface area (Å²) in [6, 6.07) is 10.7. The van der Waals surface area contributed by atoms with Gasteiger partial charge in [-0.25, -0.2) is 9.67 Å². The average molecular weight is 382 g/mol. The first-order chi connectivity index (χ1) is 13.2. The van der Waals surface area contributed by atoms with Crippen molar-refractivity contribution in [2.24, 2.45) is 0 Å². The van der Waals surface area contributed by atoms with Gasteiger partial charge in [0.25, 0.3) is 0 Å². The highest BCUT2D eigenvalue weighted by molar-refractivity contribution is 5.40. The quantitative estimate of drug-likeness (QED) is 0.595. The van der Waals surface area contributed by atoms with Gasteiger partial charge >= 0.3 is 0 Å². The van der Waals surface area contributed by atoms with Crippen LogP contribution in [0.1, 0.15) is 70.6 Å². The van der Waals surface area contributed by atoms with Crippen LogP contribution in [0, 0.1) is 0 Å². The third kappa shape index (κ3) is 4.11. The number of ether oxygens (including phenoxy) is 1. The normalized spacial score (nSPS) is 12.2. The molecule has 0 atom stereocenters. The summed E-state index contributed by atoms with van der Waals surface area (Å²) in [6.07, 6.45) is 2.66. The van der Waals surface area contributed by atoms with E-state index in [0.29, 0.717) is 12.0 Å². The molecule has 0 aliphatic carbocycles. The molecule has 0 bridgehead atoms. The van der Waals surface area contributed by atoms with Crippen molar-refractivity contribution in [3.63, 3.8) is 0 Å². The zero-order valence-electron chi connectivity index (χ0n) is 18.0. The molecule has 0 saturated heterocycles. The van der Waals surface area contributed by atoms with Crippen LogP contribution in [-0.4, -0.2) is 31.7 Å². The second-order valence-electron chi connectivity index (χ2n) is 8.55. The number of hydrogen-bond acceptors (Lipinski definition) is 4. The van der Waals surface area contributed by atoms with Gasteiger partial charge in [-0.05, 0) is 43.9 Å². The lowest BCUT2D eigenvalue weighted by molar-refractivity contribution is 0.383. The Morgan fingerprint density at radius 1 is 1.07 bits per heavy atom. The number of methoxy groups -OCH3 is 1. The summed E-state index contributed by atoms with van der Waals surface area (Å²) in [5.74, 6) is 1.96. The van der Waals surface area contributed by atoms with Gasteiger partial charge < -0.3 is 4.74 Å². The van der Waals surface area contributed by atoms with Crippen LogP contribution in [0.25, 0.3) is 5.69 Å². The summed E-state index contributed by atoms with van der Waals surface area (Å²) in [6.45, 7) is 12.9. The molecule has 0 fully saturated rings. The van der Waals surface area contributed by atoms with Crippen LogP contribution in [-0.2, 0) is 11.8 Å². The SMILES string of the molecule is COc1cc(C(C)C)nn1-c1cccc(CC(C)(C)c2ncn(C(C)C)n2)c1. The zero-order chi connectivity index (χ0) is 20.5. The summed E-state index contributed by atoms with van der Waals surface area (Å²) < 4.78 is 9.33. The summed E-state index contributed by atoms with van der Waals surface area (Å²) >= 11 is 0. The van der Waals surface area contributed by atoms with E-state index in [1.165, 1.54) is 5.56 Å². The maximum atomic E-state index is 5.54. The van der Waals surface area contributed by atoms with Gasteiger partial charge in [0.05, 0.1) is 18.5 Å². The Hall–Kier alpha value is -2.63. The Bertz CT molecular complexity index is 936. The molecule has 3 rings (SSSR count). The second kappa shape index (κ2) is 7.78. The maximum Gasteiger partial charge on any atom is 0.216 e. The van der Waals surface area contributed by atoms with Crippen molar-refractivity contribution in [2.75, 3.05) is 7.11 Å². The van der Waals surface area contributed by atoms with Gasteiger partial charge in [0.2, 0.25) is 5.88 Å². The minimum atomic E-state index is -0.171. The Morgan fingerprint density at radius 3 is 2.43 bits per heavy atom. The van der Waals surface area contributed by atoms with E-state index in [1.54, 1.807) is 7.11 Å². The number of aromatic nitrogens is 5. The van der Waals surface area contributed by atoms with Crippen LogP contribution in [0.4, 0.5) is 0 Å². The molecule has 6 heteroatoms. The number of hydrogen-bond donors (Lipinski definition) is 0. The van der Waals surface area contributed by atoms with Gasteiger partial charge in [-0.1, -0.05) is 39.8 Å². The molecule has 0 saturated carbocycles. The largest absolute Gasteiger partial charge is 0.481 e. The minimum Gasteiger partial charge on any atom is -0.481 e. The molecule has 0 aliphatic rings. The molecule has 0 spiro atoms. The topological polar surface area (TPSA) is 57.8 Å². The third-order valence-corrected chi connectivity index (χ3v) is 4.94. The highest BCUT2D eigenvalue weighted by Crippen LogP contribution is 2.28. The van der Waals surface area contributed by atoms with E-state index in [4.69, 9.17) is 9.84 Å². The molecule has 2 aromatic heterocycles. The van der Waals surface area contributed by atoms with Crippen LogP contribution >= 0.6 is 0 Å². The Morgan fingerprint density at radius 2 is 1.82 bits per heavy atom. The predicted octanol–water partition coefficient (Wildman–Crippen LogP) is 4.70. The van der Waals surface area contributed by atoms with E-state index in [2.05, 4.69) is 75.9 Å². The van der Waals surface area contributed by atoms with Crippen LogP contribution < -0.4 is 4.74 Å². The number of benzene rings is 1. The molecule has 3 aromatic rings. The van der Waals surface area contributed by atoms with Gasteiger partial charge in [0, 0.05) is 17.5 Å². The minimum absolute atomic E-state index is 0.171. The lowest BCUT2D eigenvalue weighted by atomic mass is 9.85. The van der Waals surface area contributed by atoms with E-state index in [-0.39, 0.29) is 5.41 Å². The zero-order valence-corrected chi connectivity index (χ0v) is 18.0. The molecule has 1 aromatic carbocycles. The Kier molecular flexibility index (Phi) is 5.59. The van der Waals surface area contributed by atoms with Crippen molar-refractivity contribution in [3.05, 3.63) is 53.7 Å². The van der Waals surface area contributed by atoms with Gasteiger partial charge in [-0.15, -0.1) is 0 Å². The molecule has 0 radical (unpaired) electrons. The lowest BCUT2D eigenvalue weighted by Gasteiger charge is -2.21. The smallest absolute Gasteiger partial charge is 0.216 e.